The number of halogens is 4. The molecule has 0 spiro atoms. The van der Waals surface area contributed by atoms with Gasteiger partial charge in [-0.15, -0.1) is 5.10 Å². The molecule has 0 aliphatic heterocycles. The van der Waals surface area contributed by atoms with E-state index in [9.17, 15) is 22.8 Å². The Morgan fingerprint density at radius 1 is 1.39 bits per heavy atom. The second-order valence-corrected chi connectivity index (χ2v) is 5.18. The average molecular weight is 350 g/mol. The van der Waals surface area contributed by atoms with Crippen LogP contribution in [0.5, 0.6) is 0 Å². The van der Waals surface area contributed by atoms with Crippen molar-refractivity contribution in [2.75, 3.05) is 0 Å². The first kappa shape index (κ1) is 17.1. The number of aryl methyl sites for hydroxylation is 1. The minimum absolute atomic E-state index is 0.0340. The van der Waals surface area contributed by atoms with Crippen LogP contribution < -0.4 is 5.69 Å². The number of aromatic nitrogens is 3. The Kier molecular flexibility index (Phi) is 4.51. The van der Waals surface area contributed by atoms with Crippen LogP contribution in [0.3, 0.4) is 0 Å². The molecule has 1 heterocycles. The molecule has 0 saturated heterocycles. The summed E-state index contributed by atoms with van der Waals surface area (Å²) in [7, 11) is 0. The highest BCUT2D eigenvalue weighted by Crippen LogP contribution is 2.29. The van der Waals surface area contributed by atoms with E-state index in [-0.39, 0.29) is 21.0 Å². The molecule has 0 aliphatic rings. The number of hydrogen-bond donors (Lipinski definition) is 1. The van der Waals surface area contributed by atoms with Crippen molar-refractivity contribution < 1.29 is 23.1 Å². The molecule has 0 bridgehead atoms. The molecule has 10 heteroatoms. The van der Waals surface area contributed by atoms with Gasteiger partial charge in [-0.2, -0.15) is 13.5 Å². The number of hydrogen-bond acceptors (Lipinski definition) is 3. The third-order valence-corrected chi connectivity index (χ3v) is 3.63. The van der Waals surface area contributed by atoms with Gasteiger partial charge in [0.05, 0.1) is 5.92 Å². The van der Waals surface area contributed by atoms with Crippen LogP contribution >= 0.6 is 11.6 Å². The van der Waals surface area contributed by atoms with Gasteiger partial charge >= 0.3 is 18.2 Å². The number of carbonyl (C=O) groups is 1. The second kappa shape index (κ2) is 6.07. The highest BCUT2D eigenvalue weighted by atomic mass is 35.5. The van der Waals surface area contributed by atoms with E-state index in [1.807, 2.05) is 0 Å². The van der Waals surface area contributed by atoms with E-state index in [1.54, 1.807) is 0 Å². The minimum atomic E-state index is -3.14. The molecule has 0 fully saturated rings. The fraction of sp³-hybridized carbons (Fsp3) is 0.308. The SMILES string of the molecule is Cc1nn(-c2cc(C(C)C(=O)O)c(Cl)cc2F)c(=O)n1C(F)F. The van der Waals surface area contributed by atoms with Crippen molar-refractivity contribution in [3.05, 3.63) is 44.8 Å². The molecular formula is C13H11ClF3N3O3. The standard InChI is InChI=1S/C13H11ClF3N3O3/c1-5(11(21)22)7-3-10(9(15)4-8(7)14)20-13(23)19(12(16)17)6(2)18-20/h3-5,12H,1-2H3,(H,21,22). The fourth-order valence-electron chi connectivity index (χ4n) is 2.04. The summed E-state index contributed by atoms with van der Waals surface area (Å²) in [4.78, 5) is 23.0. The first-order valence-corrected chi connectivity index (χ1v) is 6.71. The van der Waals surface area contributed by atoms with Gasteiger partial charge in [-0.25, -0.2) is 13.8 Å². The zero-order chi connectivity index (χ0) is 17.5. The zero-order valence-corrected chi connectivity index (χ0v) is 12.7. The predicted molar refractivity (Wildman–Crippen MR) is 74.8 cm³/mol. The molecule has 0 radical (unpaired) electrons. The van der Waals surface area contributed by atoms with Crippen molar-refractivity contribution in [3.63, 3.8) is 0 Å². The number of alkyl halides is 2. The number of aliphatic carboxylic acids is 1. The highest BCUT2D eigenvalue weighted by molar-refractivity contribution is 6.31. The fourth-order valence-corrected chi connectivity index (χ4v) is 2.35. The van der Waals surface area contributed by atoms with Crippen LogP contribution in [-0.2, 0) is 4.79 Å². The van der Waals surface area contributed by atoms with Crippen LogP contribution in [0.15, 0.2) is 16.9 Å². The maximum Gasteiger partial charge on any atom is 0.355 e. The first-order valence-electron chi connectivity index (χ1n) is 6.33. The molecule has 0 saturated carbocycles. The van der Waals surface area contributed by atoms with Crippen molar-refractivity contribution >= 4 is 17.6 Å². The van der Waals surface area contributed by atoms with Crippen molar-refractivity contribution in [3.8, 4) is 5.69 Å². The van der Waals surface area contributed by atoms with Crippen LogP contribution in [-0.4, -0.2) is 25.4 Å². The van der Waals surface area contributed by atoms with Crippen molar-refractivity contribution in [1.29, 1.82) is 0 Å². The maximum atomic E-state index is 14.1. The Morgan fingerprint density at radius 2 is 2.00 bits per heavy atom. The lowest BCUT2D eigenvalue weighted by molar-refractivity contribution is -0.138. The van der Waals surface area contributed by atoms with Crippen LogP contribution in [0.4, 0.5) is 13.2 Å². The van der Waals surface area contributed by atoms with Crippen LogP contribution in [0, 0.1) is 12.7 Å². The van der Waals surface area contributed by atoms with E-state index >= 15 is 0 Å². The lowest BCUT2D eigenvalue weighted by Gasteiger charge is -2.12. The quantitative estimate of drug-likeness (QED) is 0.920. The number of carboxylic acids is 1. The second-order valence-electron chi connectivity index (χ2n) is 4.77. The van der Waals surface area contributed by atoms with E-state index in [1.165, 1.54) is 13.8 Å². The molecule has 0 amide bonds. The molecule has 1 N–H and O–H groups in total. The van der Waals surface area contributed by atoms with Gasteiger partial charge in [0, 0.05) is 5.02 Å². The number of benzene rings is 1. The summed E-state index contributed by atoms with van der Waals surface area (Å²) >= 11 is 5.82. The van der Waals surface area contributed by atoms with Crippen molar-refractivity contribution in [1.82, 2.24) is 14.3 Å². The van der Waals surface area contributed by atoms with Gasteiger partial charge in [0.25, 0.3) is 0 Å². The molecule has 1 atom stereocenters. The molecular weight excluding hydrogens is 339 g/mol. The zero-order valence-electron chi connectivity index (χ0n) is 11.9. The molecule has 0 aliphatic carbocycles. The van der Waals surface area contributed by atoms with Gasteiger partial charge < -0.3 is 5.11 Å². The van der Waals surface area contributed by atoms with E-state index in [0.29, 0.717) is 4.68 Å². The van der Waals surface area contributed by atoms with Gasteiger partial charge in [0.1, 0.15) is 11.5 Å². The monoisotopic (exact) mass is 349 g/mol. The van der Waals surface area contributed by atoms with Gasteiger partial charge in [-0.05, 0) is 31.5 Å². The summed E-state index contributed by atoms with van der Waals surface area (Å²) in [6.07, 6.45) is 0. The third-order valence-electron chi connectivity index (χ3n) is 3.31. The predicted octanol–water partition coefficient (Wildman–Crippen LogP) is 2.72. The largest absolute Gasteiger partial charge is 0.481 e. The van der Waals surface area contributed by atoms with Crippen molar-refractivity contribution in [2.24, 2.45) is 0 Å². The Labute approximate surface area is 132 Å². The molecule has 2 rings (SSSR count). The minimum Gasteiger partial charge on any atom is -0.481 e. The summed E-state index contributed by atoms with van der Waals surface area (Å²) in [5.41, 5.74) is -1.66. The van der Waals surface area contributed by atoms with Crippen LogP contribution in [0.2, 0.25) is 5.02 Å². The summed E-state index contributed by atoms with van der Waals surface area (Å²) in [6.45, 7) is -0.653. The molecule has 2 aromatic rings. The summed E-state index contributed by atoms with van der Waals surface area (Å²) < 4.78 is 40.2. The highest BCUT2D eigenvalue weighted by Gasteiger charge is 2.24. The lowest BCUT2D eigenvalue weighted by Crippen LogP contribution is -2.25. The molecule has 124 valence electrons. The Morgan fingerprint density at radius 3 is 2.48 bits per heavy atom. The average Bonchev–Trinajstić information content (AvgIpc) is 2.73. The van der Waals surface area contributed by atoms with E-state index in [2.05, 4.69) is 5.10 Å². The first-order chi connectivity index (χ1) is 10.6. The smallest absolute Gasteiger partial charge is 0.355 e. The van der Waals surface area contributed by atoms with E-state index in [4.69, 9.17) is 16.7 Å². The van der Waals surface area contributed by atoms with Crippen LogP contribution in [0.1, 0.15) is 30.8 Å². The molecule has 1 aromatic heterocycles. The van der Waals surface area contributed by atoms with E-state index in [0.717, 1.165) is 12.1 Å². The number of nitrogens with zero attached hydrogens (tertiary/aromatic N) is 3. The Bertz CT molecular complexity index is 832. The summed E-state index contributed by atoms with van der Waals surface area (Å²) in [5.74, 6) is -3.61. The summed E-state index contributed by atoms with van der Waals surface area (Å²) in [5, 5.41) is 12.5. The molecule has 1 aromatic carbocycles. The Hall–Kier alpha value is -2.29. The topological polar surface area (TPSA) is 77.1 Å². The number of carboxylic acid groups (broad SMARTS) is 1. The normalized spacial score (nSPS) is 12.7. The molecule has 6 nitrogen and oxygen atoms in total. The van der Waals surface area contributed by atoms with Crippen LogP contribution in [0.25, 0.3) is 5.69 Å². The third kappa shape index (κ3) is 2.96. The van der Waals surface area contributed by atoms with Gasteiger partial charge in [0.2, 0.25) is 0 Å². The molecule has 1 unspecified atom stereocenters. The summed E-state index contributed by atoms with van der Waals surface area (Å²) in [6, 6.07) is 1.83. The van der Waals surface area contributed by atoms with Gasteiger partial charge in [-0.1, -0.05) is 11.6 Å². The number of rotatable bonds is 4. The Balaban J connectivity index is 2.70. The van der Waals surface area contributed by atoms with Crippen molar-refractivity contribution in [2.45, 2.75) is 26.3 Å². The molecule has 23 heavy (non-hydrogen) atoms. The van der Waals surface area contributed by atoms with Gasteiger partial charge in [0.15, 0.2) is 5.82 Å². The van der Waals surface area contributed by atoms with Gasteiger partial charge in [-0.3, -0.25) is 4.79 Å². The van der Waals surface area contributed by atoms with E-state index < -0.39 is 35.6 Å². The maximum absolute atomic E-state index is 14.1. The lowest BCUT2D eigenvalue weighted by atomic mass is 10.0.